The number of anilines is 1. The molecular weight excluding hydrogens is 390 g/mol. The molecule has 4 rings (SSSR count). The Labute approximate surface area is 183 Å². The summed E-state index contributed by atoms with van der Waals surface area (Å²) in [4.78, 5) is 19.7. The van der Waals surface area contributed by atoms with Crippen molar-refractivity contribution in [1.82, 2.24) is 9.88 Å². The summed E-state index contributed by atoms with van der Waals surface area (Å²) in [6.45, 7) is 7.45. The molecule has 0 aliphatic carbocycles. The lowest BCUT2D eigenvalue weighted by atomic mass is 10.0. The minimum absolute atomic E-state index is 0.350. The number of piperazine rings is 1. The predicted octanol–water partition coefficient (Wildman–Crippen LogP) is 4.33. The third-order valence-corrected chi connectivity index (χ3v) is 6.33. The van der Waals surface area contributed by atoms with E-state index >= 15 is 0 Å². The zero-order valence-corrected chi connectivity index (χ0v) is 18.4. The van der Waals surface area contributed by atoms with Crippen molar-refractivity contribution in [1.29, 1.82) is 0 Å². The number of ether oxygens (including phenoxy) is 1. The molecule has 6 heteroatoms. The van der Waals surface area contributed by atoms with Crippen LogP contribution in [0.2, 0.25) is 0 Å². The molecule has 31 heavy (non-hydrogen) atoms. The standard InChI is InChI=1S/C25H31N3O3/c1-18-22(23-17-19(25(29)30)6-11-24(23)26-18)5-3-4-12-27-13-15-28(16-14-27)20-7-9-21(31-2)10-8-20/h6-11,17,26H,3-5,12-16H2,1-2H3,(H,29,30). The van der Waals surface area contributed by atoms with Crippen molar-refractivity contribution < 1.29 is 14.6 Å². The van der Waals surface area contributed by atoms with E-state index in [1.54, 1.807) is 19.2 Å². The molecule has 2 heterocycles. The molecule has 1 aromatic heterocycles. The van der Waals surface area contributed by atoms with Crippen LogP contribution in [0, 0.1) is 6.92 Å². The first-order valence-electron chi connectivity index (χ1n) is 11.0. The number of hydrogen-bond donors (Lipinski definition) is 2. The summed E-state index contributed by atoms with van der Waals surface area (Å²) >= 11 is 0. The summed E-state index contributed by atoms with van der Waals surface area (Å²) in [5.41, 5.74) is 5.03. The van der Waals surface area contributed by atoms with Crippen LogP contribution in [0.3, 0.4) is 0 Å². The fourth-order valence-corrected chi connectivity index (χ4v) is 4.50. The van der Waals surface area contributed by atoms with E-state index in [9.17, 15) is 9.90 Å². The summed E-state index contributed by atoms with van der Waals surface area (Å²) < 4.78 is 5.25. The van der Waals surface area contributed by atoms with Gasteiger partial charge in [-0.15, -0.1) is 0 Å². The highest BCUT2D eigenvalue weighted by Gasteiger charge is 2.17. The van der Waals surface area contributed by atoms with E-state index in [2.05, 4.69) is 33.8 Å². The van der Waals surface area contributed by atoms with Crippen molar-refractivity contribution in [3.63, 3.8) is 0 Å². The van der Waals surface area contributed by atoms with Crippen LogP contribution in [0.5, 0.6) is 5.75 Å². The van der Waals surface area contributed by atoms with Crippen LogP contribution in [-0.4, -0.2) is 60.8 Å². The maximum absolute atomic E-state index is 11.3. The minimum atomic E-state index is -0.875. The number of carboxylic acids is 1. The van der Waals surface area contributed by atoms with Crippen LogP contribution in [-0.2, 0) is 6.42 Å². The quantitative estimate of drug-likeness (QED) is 0.530. The van der Waals surface area contributed by atoms with Crippen LogP contribution in [0.4, 0.5) is 5.69 Å². The highest BCUT2D eigenvalue weighted by atomic mass is 16.5. The molecule has 0 bridgehead atoms. The number of nitrogens with one attached hydrogen (secondary N) is 1. The largest absolute Gasteiger partial charge is 0.497 e. The second kappa shape index (κ2) is 9.43. The molecule has 0 saturated carbocycles. The van der Waals surface area contributed by atoms with E-state index in [0.29, 0.717) is 5.56 Å². The molecule has 0 unspecified atom stereocenters. The van der Waals surface area contributed by atoms with Gasteiger partial charge in [-0.05, 0) is 80.8 Å². The summed E-state index contributed by atoms with van der Waals surface area (Å²) in [6.07, 6.45) is 3.22. The van der Waals surface area contributed by atoms with Crippen LogP contribution < -0.4 is 9.64 Å². The van der Waals surface area contributed by atoms with E-state index in [1.807, 2.05) is 18.2 Å². The van der Waals surface area contributed by atoms with Crippen LogP contribution in [0.25, 0.3) is 10.9 Å². The molecule has 0 atom stereocenters. The molecular formula is C25H31N3O3. The first-order chi connectivity index (χ1) is 15.0. The summed E-state index contributed by atoms with van der Waals surface area (Å²) in [5.74, 6) is 0.0208. The van der Waals surface area contributed by atoms with Gasteiger partial charge >= 0.3 is 5.97 Å². The van der Waals surface area contributed by atoms with Gasteiger partial charge in [0.1, 0.15) is 5.75 Å². The molecule has 2 aromatic carbocycles. The Morgan fingerprint density at radius 2 is 1.81 bits per heavy atom. The summed E-state index contributed by atoms with van der Waals surface area (Å²) in [5, 5.41) is 10.3. The number of hydrogen-bond acceptors (Lipinski definition) is 4. The Balaban J connectivity index is 1.26. The average molecular weight is 422 g/mol. The van der Waals surface area contributed by atoms with Crippen molar-refractivity contribution in [2.24, 2.45) is 0 Å². The zero-order chi connectivity index (χ0) is 21.8. The van der Waals surface area contributed by atoms with Crippen molar-refractivity contribution in [3.8, 4) is 5.75 Å². The first-order valence-corrected chi connectivity index (χ1v) is 11.0. The van der Waals surface area contributed by atoms with Gasteiger partial charge in [0.15, 0.2) is 0 Å². The lowest BCUT2D eigenvalue weighted by molar-refractivity contribution is 0.0697. The molecule has 1 saturated heterocycles. The topological polar surface area (TPSA) is 68.8 Å². The highest BCUT2D eigenvalue weighted by Crippen LogP contribution is 2.25. The number of fused-ring (bicyclic) bond motifs is 1. The van der Waals surface area contributed by atoms with Gasteiger partial charge < -0.3 is 19.7 Å². The van der Waals surface area contributed by atoms with Gasteiger partial charge in [-0.3, -0.25) is 4.90 Å². The smallest absolute Gasteiger partial charge is 0.335 e. The molecule has 3 aromatic rings. The van der Waals surface area contributed by atoms with Gasteiger partial charge in [0, 0.05) is 48.5 Å². The maximum atomic E-state index is 11.3. The van der Waals surface area contributed by atoms with Crippen LogP contribution >= 0.6 is 0 Å². The molecule has 2 N–H and O–H groups in total. The first kappa shape index (κ1) is 21.2. The molecule has 1 fully saturated rings. The van der Waals surface area contributed by atoms with E-state index in [4.69, 9.17) is 4.74 Å². The molecule has 6 nitrogen and oxygen atoms in total. The van der Waals surface area contributed by atoms with Gasteiger partial charge in [0.2, 0.25) is 0 Å². The number of H-pyrrole nitrogens is 1. The third-order valence-electron chi connectivity index (χ3n) is 6.33. The number of nitrogens with zero attached hydrogens (tertiary/aromatic N) is 2. The molecule has 1 aliphatic heterocycles. The average Bonchev–Trinajstić information content (AvgIpc) is 3.11. The fraction of sp³-hybridized carbons (Fsp3) is 0.400. The molecule has 1 aliphatic rings. The van der Waals surface area contributed by atoms with Gasteiger partial charge in [0.05, 0.1) is 12.7 Å². The van der Waals surface area contributed by atoms with Gasteiger partial charge in [-0.25, -0.2) is 4.79 Å². The van der Waals surface area contributed by atoms with Gasteiger partial charge in [-0.1, -0.05) is 0 Å². The van der Waals surface area contributed by atoms with Gasteiger partial charge in [0.25, 0.3) is 0 Å². The molecule has 0 radical (unpaired) electrons. The minimum Gasteiger partial charge on any atom is -0.497 e. The number of aromatic nitrogens is 1. The Hall–Kier alpha value is -2.99. The molecule has 0 amide bonds. The number of aromatic carboxylic acids is 1. The lowest BCUT2D eigenvalue weighted by Gasteiger charge is -2.36. The van der Waals surface area contributed by atoms with Crippen LogP contribution in [0.1, 0.15) is 34.5 Å². The van der Waals surface area contributed by atoms with E-state index < -0.39 is 5.97 Å². The van der Waals surface area contributed by atoms with Crippen molar-refractivity contribution in [3.05, 3.63) is 59.3 Å². The second-order valence-electron chi connectivity index (χ2n) is 8.28. The fourth-order valence-electron chi connectivity index (χ4n) is 4.50. The van der Waals surface area contributed by atoms with Crippen molar-refractivity contribution >= 4 is 22.6 Å². The lowest BCUT2D eigenvalue weighted by Crippen LogP contribution is -2.46. The number of carboxylic acid groups (broad SMARTS) is 1. The predicted molar refractivity (Wildman–Crippen MR) is 125 cm³/mol. The highest BCUT2D eigenvalue weighted by molar-refractivity contribution is 5.95. The van der Waals surface area contributed by atoms with Crippen LogP contribution in [0.15, 0.2) is 42.5 Å². The number of methoxy groups -OCH3 is 1. The Kier molecular flexibility index (Phi) is 6.47. The number of carbonyl (C=O) groups is 1. The Morgan fingerprint density at radius 1 is 1.06 bits per heavy atom. The Morgan fingerprint density at radius 3 is 2.48 bits per heavy atom. The van der Waals surface area contributed by atoms with E-state index in [0.717, 1.165) is 74.3 Å². The SMILES string of the molecule is COc1ccc(N2CCN(CCCCc3c(C)[nH]c4ccc(C(=O)O)cc34)CC2)cc1. The number of aryl methyl sites for hydroxylation is 2. The van der Waals surface area contributed by atoms with E-state index in [1.165, 1.54) is 11.3 Å². The number of benzene rings is 2. The monoisotopic (exact) mass is 421 g/mol. The van der Waals surface area contributed by atoms with Crippen molar-refractivity contribution in [2.75, 3.05) is 44.7 Å². The number of aromatic amines is 1. The summed E-state index contributed by atoms with van der Waals surface area (Å²) in [7, 11) is 1.70. The maximum Gasteiger partial charge on any atom is 0.335 e. The number of rotatable bonds is 8. The second-order valence-corrected chi connectivity index (χ2v) is 8.28. The van der Waals surface area contributed by atoms with Crippen molar-refractivity contribution in [2.45, 2.75) is 26.2 Å². The normalized spacial score (nSPS) is 14.8. The third kappa shape index (κ3) is 4.85. The summed E-state index contributed by atoms with van der Waals surface area (Å²) in [6, 6.07) is 13.6. The zero-order valence-electron chi connectivity index (χ0n) is 18.4. The molecule has 164 valence electrons. The molecule has 0 spiro atoms. The van der Waals surface area contributed by atoms with Gasteiger partial charge in [-0.2, -0.15) is 0 Å². The Bertz CT molecular complexity index is 1030. The van der Waals surface area contributed by atoms with E-state index in [-0.39, 0.29) is 0 Å². The number of unbranched alkanes of at least 4 members (excludes halogenated alkanes) is 1.